The van der Waals surface area contributed by atoms with E-state index in [0.717, 1.165) is 0 Å². The first-order valence-corrected chi connectivity index (χ1v) is 5.45. The second-order valence-corrected chi connectivity index (χ2v) is 4.12. The van der Waals surface area contributed by atoms with Gasteiger partial charge < -0.3 is 0 Å². The maximum absolute atomic E-state index is 12.7. The molecule has 0 radical (unpaired) electrons. The van der Waals surface area contributed by atoms with Gasteiger partial charge >= 0.3 is 0 Å². The predicted molar refractivity (Wildman–Crippen MR) is 62.7 cm³/mol. The van der Waals surface area contributed by atoms with Crippen LogP contribution in [-0.2, 0) is 0 Å². The highest BCUT2D eigenvalue weighted by atomic mass is 35.5. The third-order valence-electron chi connectivity index (χ3n) is 2.47. The number of carbonyl (C=O) groups is 1. The molecule has 0 spiro atoms. The van der Waals surface area contributed by atoms with Crippen LogP contribution in [0.3, 0.4) is 0 Å². The number of benzene rings is 1. The average Bonchev–Trinajstić information content (AvgIpc) is 2.75. The van der Waals surface area contributed by atoms with Crippen LogP contribution < -0.4 is 0 Å². The number of ketones is 1. The van der Waals surface area contributed by atoms with Crippen LogP contribution in [0.4, 0.5) is 4.39 Å². The Kier molecular flexibility index (Phi) is 3.24. The predicted octanol–water partition coefficient (Wildman–Crippen LogP) is 3.12. The molecule has 1 aromatic carbocycles. The molecule has 0 aliphatic heterocycles. The van der Waals surface area contributed by atoms with Crippen molar-refractivity contribution in [3.8, 4) is 0 Å². The van der Waals surface area contributed by atoms with Gasteiger partial charge in [0.15, 0.2) is 5.78 Å². The summed E-state index contributed by atoms with van der Waals surface area (Å²) in [6, 6.07) is 4.97. The number of halogens is 2. The third-order valence-corrected chi connectivity index (χ3v) is 2.67. The molecule has 1 unspecified atom stereocenters. The number of hydrogen-bond donors (Lipinski definition) is 0. The smallest absolute Gasteiger partial charge is 0.187 e. The molecule has 0 fully saturated rings. The first kappa shape index (κ1) is 11.8. The number of hydrogen-bond acceptors (Lipinski definition) is 2. The van der Waals surface area contributed by atoms with E-state index in [9.17, 15) is 9.18 Å². The molecule has 0 aliphatic rings. The molecule has 5 heteroatoms. The van der Waals surface area contributed by atoms with Gasteiger partial charge in [-0.05, 0) is 31.2 Å². The molecule has 2 rings (SSSR count). The van der Waals surface area contributed by atoms with E-state index in [1.54, 1.807) is 13.1 Å². The van der Waals surface area contributed by atoms with Gasteiger partial charge in [-0.1, -0.05) is 11.6 Å². The maximum Gasteiger partial charge on any atom is 0.187 e. The Labute approximate surface area is 103 Å². The fourth-order valence-corrected chi connectivity index (χ4v) is 1.65. The fraction of sp³-hybridized carbons (Fsp3) is 0.167. The average molecular weight is 253 g/mol. The lowest BCUT2D eigenvalue weighted by Gasteiger charge is -2.10. The van der Waals surface area contributed by atoms with Gasteiger partial charge in [0.05, 0.1) is 11.2 Å². The second kappa shape index (κ2) is 4.67. The van der Waals surface area contributed by atoms with Gasteiger partial charge in [-0.2, -0.15) is 5.10 Å². The van der Waals surface area contributed by atoms with Gasteiger partial charge in [-0.25, -0.2) is 4.39 Å². The molecule has 3 nitrogen and oxygen atoms in total. The Hall–Kier alpha value is -1.68. The molecule has 0 aliphatic carbocycles. The zero-order valence-electron chi connectivity index (χ0n) is 9.10. The highest BCUT2D eigenvalue weighted by molar-refractivity contribution is 6.30. The monoisotopic (exact) mass is 252 g/mol. The molecule has 17 heavy (non-hydrogen) atoms. The van der Waals surface area contributed by atoms with Crippen LogP contribution in [0, 0.1) is 5.82 Å². The summed E-state index contributed by atoms with van der Waals surface area (Å²) >= 11 is 5.73. The third kappa shape index (κ3) is 2.53. The van der Waals surface area contributed by atoms with Crippen molar-refractivity contribution in [1.29, 1.82) is 0 Å². The van der Waals surface area contributed by atoms with Crippen molar-refractivity contribution in [2.45, 2.75) is 13.0 Å². The maximum atomic E-state index is 12.7. The van der Waals surface area contributed by atoms with E-state index in [1.165, 1.54) is 35.1 Å². The topological polar surface area (TPSA) is 34.9 Å². The highest BCUT2D eigenvalue weighted by Gasteiger charge is 2.17. The summed E-state index contributed by atoms with van der Waals surface area (Å²) in [5.41, 5.74) is 0.450. The first-order chi connectivity index (χ1) is 8.08. The van der Waals surface area contributed by atoms with E-state index in [0.29, 0.717) is 10.6 Å². The van der Waals surface area contributed by atoms with Gasteiger partial charge in [-0.3, -0.25) is 9.48 Å². The van der Waals surface area contributed by atoms with Crippen molar-refractivity contribution in [3.63, 3.8) is 0 Å². The number of Topliss-reactive ketones (excluding diaryl/α,β-unsaturated/α-hetero) is 1. The summed E-state index contributed by atoms with van der Waals surface area (Å²) in [6.45, 7) is 1.72. The number of rotatable bonds is 3. The Morgan fingerprint density at radius 3 is 2.59 bits per heavy atom. The van der Waals surface area contributed by atoms with Crippen LogP contribution in [0.2, 0.25) is 5.02 Å². The number of nitrogens with zero attached hydrogens (tertiary/aromatic N) is 2. The van der Waals surface area contributed by atoms with Gasteiger partial charge in [0.25, 0.3) is 0 Å². The normalized spacial score (nSPS) is 12.4. The minimum atomic E-state index is -0.465. The molecular weight excluding hydrogens is 243 g/mol. The summed E-state index contributed by atoms with van der Waals surface area (Å²) in [4.78, 5) is 12.0. The molecule has 2 aromatic rings. The van der Waals surface area contributed by atoms with Gasteiger partial charge in [0.2, 0.25) is 0 Å². The number of aromatic nitrogens is 2. The fourth-order valence-electron chi connectivity index (χ4n) is 1.50. The van der Waals surface area contributed by atoms with Crippen LogP contribution >= 0.6 is 11.6 Å². The Morgan fingerprint density at radius 1 is 1.41 bits per heavy atom. The van der Waals surface area contributed by atoms with E-state index in [1.807, 2.05) is 0 Å². The zero-order valence-corrected chi connectivity index (χ0v) is 9.86. The molecular formula is C12H10ClFN2O. The van der Waals surface area contributed by atoms with Crippen molar-refractivity contribution < 1.29 is 9.18 Å². The highest BCUT2D eigenvalue weighted by Crippen LogP contribution is 2.16. The molecule has 1 heterocycles. The summed E-state index contributed by atoms with van der Waals surface area (Å²) < 4.78 is 14.2. The molecule has 0 N–H and O–H groups in total. The van der Waals surface area contributed by atoms with Crippen molar-refractivity contribution >= 4 is 17.4 Å². The van der Waals surface area contributed by atoms with Gasteiger partial charge in [-0.15, -0.1) is 0 Å². The number of carbonyl (C=O) groups excluding carboxylic acids is 1. The quantitative estimate of drug-likeness (QED) is 0.787. The Morgan fingerprint density at radius 2 is 2.06 bits per heavy atom. The summed E-state index contributed by atoms with van der Waals surface area (Å²) in [6.07, 6.45) is 3.05. The van der Waals surface area contributed by atoms with E-state index in [2.05, 4.69) is 5.10 Å². The summed E-state index contributed by atoms with van der Waals surface area (Å²) in [7, 11) is 0. The van der Waals surface area contributed by atoms with Gasteiger partial charge in [0.1, 0.15) is 11.9 Å². The second-order valence-electron chi connectivity index (χ2n) is 3.69. The lowest BCUT2D eigenvalue weighted by Crippen LogP contribution is -2.17. The molecule has 0 saturated carbocycles. The van der Waals surface area contributed by atoms with Crippen LogP contribution in [-0.4, -0.2) is 15.6 Å². The van der Waals surface area contributed by atoms with Crippen LogP contribution in [0.5, 0.6) is 0 Å². The molecule has 88 valence electrons. The van der Waals surface area contributed by atoms with Crippen LogP contribution in [0.25, 0.3) is 0 Å². The minimum Gasteiger partial charge on any atom is -0.292 e. The zero-order chi connectivity index (χ0) is 12.4. The van der Waals surface area contributed by atoms with Crippen molar-refractivity contribution in [1.82, 2.24) is 9.78 Å². The summed E-state index contributed by atoms with van der Waals surface area (Å²) in [5, 5.41) is 4.45. The largest absolute Gasteiger partial charge is 0.292 e. The molecule has 1 atom stereocenters. The SMILES string of the molecule is CC(C(=O)c1ccc(F)cc1)n1cc(Cl)cn1. The standard InChI is InChI=1S/C12H10ClFN2O/c1-8(16-7-10(13)6-15-16)12(17)9-2-4-11(14)5-3-9/h2-8H,1H3. The van der Waals surface area contributed by atoms with E-state index < -0.39 is 6.04 Å². The van der Waals surface area contributed by atoms with Crippen LogP contribution in [0.1, 0.15) is 23.3 Å². The molecule has 1 aromatic heterocycles. The first-order valence-electron chi connectivity index (χ1n) is 5.07. The summed E-state index contributed by atoms with van der Waals surface area (Å²) in [5.74, 6) is -0.499. The molecule has 0 amide bonds. The molecule has 0 saturated heterocycles. The Bertz CT molecular complexity index is 536. The van der Waals surface area contributed by atoms with E-state index in [4.69, 9.17) is 11.6 Å². The minimum absolute atomic E-state index is 0.134. The molecule has 0 bridgehead atoms. The van der Waals surface area contributed by atoms with Crippen LogP contribution in [0.15, 0.2) is 36.7 Å². The van der Waals surface area contributed by atoms with Crippen molar-refractivity contribution in [3.05, 3.63) is 53.1 Å². The van der Waals surface area contributed by atoms with Crippen molar-refractivity contribution in [2.75, 3.05) is 0 Å². The lowest BCUT2D eigenvalue weighted by atomic mass is 10.1. The van der Waals surface area contributed by atoms with Gasteiger partial charge in [0, 0.05) is 11.8 Å². The Balaban J connectivity index is 2.23. The van der Waals surface area contributed by atoms with E-state index in [-0.39, 0.29) is 11.6 Å². The van der Waals surface area contributed by atoms with E-state index >= 15 is 0 Å². The lowest BCUT2D eigenvalue weighted by molar-refractivity contribution is 0.0928. The van der Waals surface area contributed by atoms with Crippen molar-refractivity contribution in [2.24, 2.45) is 0 Å².